The van der Waals surface area contributed by atoms with Crippen molar-refractivity contribution in [3.05, 3.63) is 58.5 Å². The lowest BCUT2D eigenvalue weighted by Gasteiger charge is -2.07. The van der Waals surface area contributed by atoms with Gasteiger partial charge in [0.2, 0.25) is 5.88 Å². The molecule has 98 valence electrons. The molecular weight excluding hydrogens is 269 g/mol. The van der Waals surface area contributed by atoms with E-state index in [4.69, 9.17) is 16.3 Å². The molecule has 1 aromatic heterocycles. The maximum absolute atomic E-state index is 12.9. The van der Waals surface area contributed by atoms with Gasteiger partial charge in [-0.2, -0.15) is 0 Å². The summed E-state index contributed by atoms with van der Waals surface area (Å²) in [5.41, 5.74) is 0.948. The number of methoxy groups -OCH3 is 1. The molecule has 0 spiro atoms. The van der Waals surface area contributed by atoms with Crippen LogP contribution < -0.4 is 4.74 Å². The topological polar surface area (TPSA) is 39.2 Å². The Morgan fingerprint density at radius 2 is 2.21 bits per heavy atom. The quantitative estimate of drug-likeness (QED) is 0.806. The van der Waals surface area contributed by atoms with Gasteiger partial charge in [-0.15, -0.1) is 0 Å². The number of nitrogens with zero attached hydrogens (tertiary/aromatic N) is 1. The maximum Gasteiger partial charge on any atom is 0.224 e. The van der Waals surface area contributed by atoms with Gasteiger partial charge in [0.1, 0.15) is 5.82 Å². The molecule has 0 saturated heterocycles. The second-order valence-electron chi connectivity index (χ2n) is 3.90. The van der Waals surface area contributed by atoms with E-state index in [0.29, 0.717) is 11.1 Å². The third kappa shape index (κ3) is 3.09. The van der Waals surface area contributed by atoms with Gasteiger partial charge in [-0.1, -0.05) is 17.7 Å². The number of Topliss-reactive ketones (excluding diaryl/α,β-unsaturated/α-hetero) is 1. The third-order valence-corrected chi connectivity index (χ3v) is 2.98. The van der Waals surface area contributed by atoms with Crippen LogP contribution in [-0.2, 0) is 6.42 Å². The Kier molecular flexibility index (Phi) is 4.12. The average Bonchev–Trinajstić information content (AvgIpc) is 2.41. The van der Waals surface area contributed by atoms with E-state index in [1.165, 1.54) is 25.3 Å². The van der Waals surface area contributed by atoms with Crippen molar-refractivity contribution in [2.45, 2.75) is 6.42 Å². The third-order valence-electron chi connectivity index (χ3n) is 2.63. The fraction of sp³-hybridized carbons (Fsp3) is 0.143. The molecule has 0 aliphatic heterocycles. The number of halogens is 2. The maximum atomic E-state index is 12.9. The summed E-state index contributed by atoms with van der Waals surface area (Å²) in [5.74, 6) is -0.343. The van der Waals surface area contributed by atoms with E-state index in [2.05, 4.69) is 4.98 Å². The molecule has 0 unspecified atom stereocenters. The molecule has 3 nitrogen and oxygen atoms in total. The molecule has 5 heteroatoms. The summed E-state index contributed by atoms with van der Waals surface area (Å²) < 4.78 is 18.0. The Morgan fingerprint density at radius 3 is 2.89 bits per heavy atom. The zero-order chi connectivity index (χ0) is 13.8. The van der Waals surface area contributed by atoms with Crippen LogP contribution in [0.15, 0.2) is 36.5 Å². The summed E-state index contributed by atoms with van der Waals surface area (Å²) in [7, 11) is 1.45. The van der Waals surface area contributed by atoms with Crippen LogP contribution in [0.4, 0.5) is 4.39 Å². The molecule has 0 aliphatic carbocycles. The lowest BCUT2D eigenvalue weighted by Crippen LogP contribution is -2.07. The molecule has 1 aromatic carbocycles. The van der Waals surface area contributed by atoms with E-state index in [9.17, 15) is 9.18 Å². The minimum Gasteiger partial charge on any atom is -0.480 e. The van der Waals surface area contributed by atoms with E-state index in [1.54, 1.807) is 18.3 Å². The summed E-state index contributed by atoms with van der Waals surface area (Å²) in [5, 5.41) is 0.233. The van der Waals surface area contributed by atoms with E-state index < -0.39 is 5.82 Å². The van der Waals surface area contributed by atoms with E-state index in [1.807, 2.05) is 0 Å². The molecule has 0 aliphatic rings. The van der Waals surface area contributed by atoms with E-state index >= 15 is 0 Å². The molecule has 0 N–H and O–H groups in total. The lowest BCUT2D eigenvalue weighted by molar-refractivity contribution is 0.0989. The number of hydrogen-bond acceptors (Lipinski definition) is 3. The highest BCUT2D eigenvalue weighted by molar-refractivity contribution is 6.31. The van der Waals surface area contributed by atoms with Gasteiger partial charge in [-0.05, 0) is 29.8 Å². The highest BCUT2D eigenvalue weighted by atomic mass is 35.5. The lowest BCUT2D eigenvalue weighted by atomic mass is 10.0. The van der Waals surface area contributed by atoms with Crippen LogP contribution in [0.3, 0.4) is 0 Å². The van der Waals surface area contributed by atoms with Crippen LogP contribution in [-0.4, -0.2) is 17.9 Å². The second-order valence-corrected chi connectivity index (χ2v) is 4.30. The summed E-state index contributed by atoms with van der Waals surface area (Å²) >= 11 is 5.90. The summed E-state index contributed by atoms with van der Waals surface area (Å²) in [4.78, 5) is 16.1. The Hall–Kier alpha value is -1.94. The van der Waals surface area contributed by atoms with Gasteiger partial charge in [0.05, 0.1) is 12.7 Å². The Labute approximate surface area is 115 Å². The highest BCUT2D eigenvalue weighted by Crippen LogP contribution is 2.21. The Balaban J connectivity index is 2.26. The van der Waals surface area contributed by atoms with Crippen LogP contribution in [0, 0.1) is 5.82 Å². The van der Waals surface area contributed by atoms with Crippen molar-refractivity contribution in [3.63, 3.8) is 0 Å². The molecule has 19 heavy (non-hydrogen) atoms. The number of ketones is 1. The van der Waals surface area contributed by atoms with Gasteiger partial charge < -0.3 is 4.74 Å². The normalized spacial score (nSPS) is 10.3. The Morgan fingerprint density at radius 1 is 1.42 bits per heavy atom. The van der Waals surface area contributed by atoms with Crippen LogP contribution >= 0.6 is 11.6 Å². The number of benzene rings is 1. The molecule has 0 saturated carbocycles. The van der Waals surface area contributed by atoms with Crippen molar-refractivity contribution in [1.82, 2.24) is 4.98 Å². The molecule has 2 aromatic rings. The van der Waals surface area contributed by atoms with Gasteiger partial charge >= 0.3 is 0 Å². The molecule has 0 fully saturated rings. The number of hydrogen-bond donors (Lipinski definition) is 0. The fourth-order valence-electron chi connectivity index (χ4n) is 1.70. The molecule has 0 atom stereocenters. The fourth-order valence-corrected chi connectivity index (χ4v) is 1.93. The molecule has 0 bridgehead atoms. The molecule has 0 amide bonds. The molecule has 1 heterocycles. The summed E-state index contributed by atoms with van der Waals surface area (Å²) in [6, 6.07) is 7.24. The minimum atomic E-state index is -0.430. The number of rotatable bonds is 4. The van der Waals surface area contributed by atoms with Gasteiger partial charge in [0.15, 0.2) is 5.78 Å². The zero-order valence-corrected chi connectivity index (χ0v) is 10.9. The van der Waals surface area contributed by atoms with Gasteiger partial charge in [-0.25, -0.2) is 9.37 Å². The van der Waals surface area contributed by atoms with Crippen LogP contribution in [0.25, 0.3) is 0 Å². The van der Waals surface area contributed by atoms with Crippen molar-refractivity contribution < 1.29 is 13.9 Å². The predicted octanol–water partition coefficient (Wildman–Crippen LogP) is 3.31. The number of carbonyl (C=O) groups is 1. The first-order chi connectivity index (χ1) is 9.11. The average molecular weight is 280 g/mol. The SMILES string of the molecule is COc1ncccc1C(=O)Cc1ccc(F)cc1Cl. The largest absolute Gasteiger partial charge is 0.480 e. The van der Waals surface area contributed by atoms with Gasteiger partial charge in [0, 0.05) is 17.6 Å². The van der Waals surface area contributed by atoms with E-state index in [0.717, 1.165) is 0 Å². The number of pyridine rings is 1. The number of ether oxygens (including phenoxy) is 1. The van der Waals surface area contributed by atoms with Crippen molar-refractivity contribution >= 4 is 17.4 Å². The predicted molar refractivity (Wildman–Crippen MR) is 70.2 cm³/mol. The number of aromatic nitrogens is 1. The van der Waals surface area contributed by atoms with Crippen molar-refractivity contribution in [1.29, 1.82) is 0 Å². The standard InChI is InChI=1S/C14H11ClFNO2/c1-19-14-11(3-2-6-17-14)13(18)7-9-4-5-10(16)8-12(9)15/h2-6,8H,7H2,1H3. The van der Waals surface area contributed by atoms with Crippen molar-refractivity contribution in [2.24, 2.45) is 0 Å². The van der Waals surface area contributed by atoms with Crippen molar-refractivity contribution in [2.75, 3.05) is 7.11 Å². The molecule has 2 rings (SSSR count). The van der Waals surface area contributed by atoms with Crippen LogP contribution in [0.1, 0.15) is 15.9 Å². The van der Waals surface area contributed by atoms with Crippen LogP contribution in [0.5, 0.6) is 5.88 Å². The van der Waals surface area contributed by atoms with Gasteiger partial charge in [-0.3, -0.25) is 4.79 Å². The first-order valence-corrected chi connectivity index (χ1v) is 5.95. The van der Waals surface area contributed by atoms with Crippen LogP contribution in [0.2, 0.25) is 5.02 Å². The van der Waals surface area contributed by atoms with Crippen molar-refractivity contribution in [3.8, 4) is 5.88 Å². The summed E-state index contributed by atoms with van der Waals surface area (Å²) in [6.07, 6.45) is 1.61. The minimum absolute atomic E-state index is 0.0706. The first-order valence-electron chi connectivity index (χ1n) is 5.58. The number of carbonyl (C=O) groups excluding carboxylic acids is 1. The monoisotopic (exact) mass is 279 g/mol. The van der Waals surface area contributed by atoms with E-state index in [-0.39, 0.29) is 23.1 Å². The molecule has 0 radical (unpaired) electrons. The zero-order valence-electron chi connectivity index (χ0n) is 10.2. The van der Waals surface area contributed by atoms with Gasteiger partial charge in [0.25, 0.3) is 0 Å². The first kappa shape index (κ1) is 13.5. The summed E-state index contributed by atoms with van der Waals surface area (Å²) in [6.45, 7) is 0. The highest BCUT2D eigenvalue weighted by Gasteiger charge is 2.15. The smallest absolute Gasteiger partial charge is 0.224 e. The second kappa shape index (κ2) is 5.80. The molecular formula is C14H11ClFNO2. The Bertz CT molecular complexity index is 616.